The van der Waals surface area contributed by atoms with Gasteiger partial charge in [-0.3, -0.25) is 0 Å². The molecule has 2 heteroatoms. The van der Waals surface area contributed by atoms with Crippen LogP contribution >= 0.6 is 12.6 Å². The number of hydrogen-bond acceptors (Lipinski definition) is 1. The smallest absolute Gasteiger partial charge is 0.0121 e. The molecule has 0 aromatic heterocycles. The van der Waals surface area contributed by atoms with Gasteiger partial charge in [-0.15, -0.1) is 12.6 Å². The van der Waals surface area contributed by atoms with Crippen LogP contribution in [0.3, 0.4) is 0 Å². The second-order valence-corrected chi connectivity index (χ2v) is 13.9. The van der Waals surface area contributed by atoms with Gasteiger partial charge in [0.15, 0.2) is 0 Å². The minimum absolute atomic E-state index is 0. The van der Waals surface area contributed by atoms with E-state index in [4.69, 9.17) is 12.6 Å². The summed E-state index contributed by atoms with van der Waals surface area (Å²) in [4.78, 5) is 1.21. The van der Waals surface area contributed by atoms with E-state index in [1.54, 1.807) is 0 Å². The Balaban J connectivity index is 0.00000729. The van der Waals surface area contributed by atoms with Gasteiger partial charge in [0.05, 0.1) is 0 Å². The molecule has 0 aliphatic heterocycles. The van der Waals surface area contributed by atoms with Crippen molar-refractivity contribution >= 4 is 12.6 Å². The quantitative estimate of drug-likeness (QED) is 0.294. The summed E-state index contributed by atoms with van der Waals surface area (Å²) in [5.41, 5.74) is 7.66. The zero-order valence-corrected chi connectivity index (χ0v) is 25.5. The molecule has 0 heterocycles. The van der Waals surface area contributed by atoms with Crippen LogP contribution in [-0.2, 0) is 46.6 Å². The predicted molar refractivity (Wildman–Crippen MR) is 127 cm³/mol. The largest absolute Gasteiger partial charge is 0.143 e. The summed E-state index contributed by atoms with van der Waals surface area (Å²) in [6.45, 7) is 35.4. The third-order valence-electron chi connectivity index (χ3n) is 5.22. The van der Waals surface area contributed by atoms with Gasteiger partial charge in [0.1, 0.15) is 0 Å². The summed E-state index contributed by atoms with van der Waals surface area (Å²) in [5.74, 6) is 0. The number of thiol groups is 1. The monoisotopic (exact) mass is 454 g/mol. The molecule has 0 N–H and O–H groups in total. The van der Waals surface area contributed by atoms with E-state index in [9.17, 15) is 0 Å². The SMILES string of the molecule is CC(C)(C)c1c(S)c(C(C)(C)C)c(C(C)(C)C)c(C(C)(C)C)c1C(C)(C)C.[Zn]. The molecule has 0 saturated heterocycles. The van der Waals surface area contributed by atoms with Crippen LogP contribution in [0.15, 0.2) is 4.90 Å². The van der Waals surface area contributed by atoms with E-state index in [1.165, 1.54) is 32.7 Å². The Bertz CT molecular complexity index is 653. The molecular formula is C26H46SZn. The maximum atomic E-state index is 5.24. The molecule has 0 aliphatic carbocycles. The maximum absolute atomic E-state index is 5.24. The van der Waals surface area contributed by atoms with Crippen LogP contribution in [0.1, 0.15) is 132 Å². The van der Waals surface area contributed by atoms with Crippen molar-refractivity contribution in [2.75, 3.05) is 0 Å². The van der Waals surface area contributed by atoms with E-state index in [1.807, 2.05) is 0 Å². The number of rotatable bonds is 0. The summed E-state index contributed by atoms with van der Waals surface area (Å²) in [5, 5.41) is 0. The summed E-state index contributed by atoms with van der Waals surface area (Å²) >= 11 is 5.24. The van der Waals surface area contributed by atoms with E-state index in [0.29, 0.717) is 0 Å². The molecule has 0 spiro atoms. The molecule has 0 aliphatic rings. The maximum Gasteiger partial charge on any atom is 0.0121 e. The van der Waals surface area contributed by atoms with Crippen molar-refractivity contribution in [2.45, 2.75) is 136 Å². The van der Waals surface area contributed by atoms with Crippen LogP contribution in [0, 0.1) is 0 Å². The van der Waals surface area contributed by atoms with Gasteiger partial charge >= 0.3 is 0 Å². The van der Waals surface area contributed by atoms with Gasteiger partial charge in [-0.1, -0.05) is 104 Å². The van der Waals surface area contributed by atoms with Gasteiger partial charge in [0.2, 0.25) is 0 Å². The minimum Gasteiger partial charge on any atom is -0.143 e. The second kappa shape index (κ2) is 8.03. The average Bonchev–Trinajstić information content (AvgIpc) is 2.29. The molecule has 0 radical (unpaired) electrons. The molecule has 0 saturated carbocycles. The Morgan fingerprint density at radius 1 is 0.357 bits per heavy atom. The van der Waals surface area contributed by atoms with Gasteiger partial charge in [0, 0.05) is 24.4 Å². The van der Waals surface area contributed by atoms with Crippen molar-refractivity contribution in [3.05, 3.63) is 27.8 Å². The first-order chi connectivity index (χ1) is 11.5. The molecule has 1 aromatic rings. The summed E-state index contributed by atoms with van der Waals surface area (Å²) in [7, 11) is 0. The van der Waals surface area contributed by atoms with Gasteiger partial charge < -0.3 is 0 Å². The number of hydrogen-bond donors (Lipinski definition) is 1. The number of benzene rings is 1. The zero-order valence-electron chi connectivity index (χ0n) is 21.7. The summed E-state index contributed by atoms with van der Waals surface area (Å²) < 4.78 is 0. The zero-order chi connectivity index (χ0) is 22.0. The first-order valence-electron chi connectivity index (χ1n) is 10.5. The Hall–Kier alpha value is 0.193. The molecule has 0 atom stereocenters. The van der Waals surface area contributed by atoms with Crippen LogP contribution in [0.5, 0.6) is 0 Å². The fourth-order valence-corrected chi connectivity index (χ4v) is 5.34. The average molecular weight is 456 g/mol. The van der Waals surface area contributed by atoms with E-state index >= 15 is 0 Å². The van der Waals surface area contributed by atoms with Crippen LogP contribution in [0.4, 0.5) is 0 Å². The molecule has 0 bridgehead atoms. The minimum atomic E-state index is 0. The van der Waals surface area contributed by atoms with Crippen LogP contribution in [0.25, 0.3) is 0 Å². The molecule has 0 unspecified atom stereocenters. The topological polar surface area (TPSA) is 0 Å². The second-order valence-electron chi connectivity index (χ2n) is 13.5. The molecule has 0 nitrogen and oxygen atoms in total. The third kappa shape index (κ3) is 5.66. The van der Waals surface area contributed by atoms with Crippen LogP contribution in [-0.4, -0.2) is 0 Å². The first-order valence-corrected chi connectivity index (χ1v) is 10.9. The first kappa shape index (κ1) is 28.2. The van der Waals surface area contributed by atoms with Gasteiger partial charge in [0.25, 0.3) is 0 Å². The van der Waals surface area contributed by atoms with Crippen molar-refractivity contribution in [3.8, 4) is 0 Å². The van der Waals surface area contributed by atoms with Gasteiger partial charge in [-0.2, -0.15) is 0 Å². The molecule has 28 heavy (non-hydrogen) atoms. The van der Waals surface area contributed by atoms with Gasteiger partial charge in [-0.05, 0) is 54.9 Å². The Morgan fingerprint density at radius 3 is 0.643 bits per heavy atom. The van der Waals surface area contributed by atoms with E-state index in [0.717, 1.165) is 0 Å². The molecule has 158 valence electrons. The van der Waals surface area contributed by atoms with Crippen molar-refractivity contribution in [3.63, 3.8) is 0 Å². The van der Waals surface area contributed by atoms with E-state index in [-0.39, 0.29) is 46.6 Å². The molecule has 0 fully saturated rings. The standard InChI is InChI=1S/C26H46S.Zn/c1-22(2,3)16-17(23(4,5)6)19(25(10,11)12)21(27)20(26(13,14)15)18(16)24(7,8)9;/h27H,1-15H3;. The van der Waals surface area contributed by atoms with Crippen molar-refractivity contribution in [1.82, 2.24) is 0 Å². The van der Waals surface area contributed by atoms with Crippen molar-refractivity contribution < 1.29 is 19.5 Å². The van der Waals surface area contributed by atoms with Gasteiger partial charge in [-0.25, -0.2) is 0 Å². The predicted octanol–water partition coefficient (Wildman–Crippen LogP) is 8.46. The molecule has 1 rings (SSSR count). The van der Waals surface area contributed by atoms with Crippen molar-refractivity contribution in [1.29, 1.82) is 0 Å². The Kier molecular flexibility index (Phi) is 8.09. The molecule has 0 amide bonds. The van der Waals surface area contributed by atoms with Crippen LogP contribution in [0.2, 0.25) is 0 Å². The van der Waals surface area contributed by atoms with Crippen molar-refractivity contribution in [2.24, 2.45) is 0 Å². The van der Waals surface area contributed by atoms with E-state index < -0.39 is 0 Å². The van der Waals surface area contributed by atoms with Crippen LogP contribution < -0.4 is 0 Å². The summed E-state index contributed by atoms with van der Waals surface area (Å²) in [6.07, 6.45) is 0. The Morgan fingerprint density at radius 2 is 0.500 bits per heavy atom. The third-order valence-corrected chi connectivity index (χ3v) is 5.67. The normalized spacial score (nSPS) is 14.1. The summed E-state index contributed by atoms with van der Waals surface area (Å²) in [6, 6.07) is 0. The van der Waals surface area contributed by atoms with E-state index in [2.05, 4.69) is 104 Å². The Labute approximate surface area is 195 Å². The fourth-order valence-electron chi connectivity index (χ4n) is 4.45. The fraction of sp³-hybridized carbons (Fsp3) is 0.769. The molecular weight excluding hydrogens is 410 g/mol. The molecule has 1 aromatic carbocycles.